The molecule has 1 saturated heterocycles. The van der Waals surface area contributed by atoms with Crippen molar-refractivity contribution in [3.05, 3.63) is 0 Å². The van der Waals surface area contributed by atoms with Crippen molar-refractivity contribution in [3.63, 3.8) is 0 Å². The smallest absolute Gasteiger partial charge is 0.309 e. The number of aldehydes is 1. The summed E-state index contributed by atoms with van der Waals surface area (Å²) in [7, 11) is 0. The Morgan fingerprint density at radius 3 is 2.74 bits per heavy atom. The van der Waals surface area contributed by atoms with Gasteiger partial charge in [0.05, 0.1) is 24.7 Å². The molecule has 1 heterocycles. The van der Waals surface area contributed by atoms with Crippen LogP contribution in [-0.4, -0.2) is 31.1 Å². The lowest BCUT2D eigenvalue weighted by Gasteiger charge is -2.37. The van der Waals surface area contributed by atoms with Gasteiger partial charge in [-0.25, -0.2) is 0 Å². The van der Waals surface area contributed by atoms with Crippen LogP contribution >= 0.6 is 0 Å². The Balaban J connectivity index is 2.01. The molecular weight excluding hydrogens is 244 g/mol. The highest BCUT2D eigenvalue weighted by atomic mass is 16.5. The van der Waals surface area contributed by atoms with Crippen LogP contribution in [0.1, 0.15) is 46.0 Å². The third kappa shape index (κ3) is 3.78. The molecule has 2 rings (SSSR count). The molecule has 0 aromatic heterocycles. The van der Waals surface area contributed by atoms with Gasteiger partial charge in [0.15, 0.2) is 0 Å². The Morgan fingerprint density at radius 2 is 2.16 bits per heavy atom. The average molecular weight is 268 g/mol. The number of hydrogen-bond acceptors (Lipinski definition) is 4. The Labute approximate surface area is 114 Å². The first-order chi connectivity index (χ1) is 9.15. The van der Waals surface area contributed by atoms with E-state index in [1.807, 2.05) is 0 Å². The molecule has 0 amide bonds. The van der Waals surface area contributed by atoms with Gasteiger partial charge in [-0.15, -0.1) is 0 Å². The lowest BCUT2D eigenvalue weighted by atomic mass is 9.79. The van der Waals surface area contributed by atoms with Gasteiger partial charge in [0.1, 0.15) is 6.29 Å². The van der Waals surface area contributed by atoms with Crippen molar-refractivity contribution in [3.8, 4) is 0 Å². The van der Waals surface area contributed by atoms with Gasteiger partial charge < -0.3 is 14.3 Å². The van der Waals surface area contributed by atoms with Crippen LogP contribution in [0, 0.1) is 17.8 Å². The minimum atomic E-state index is -0.287. The Bertz CT molecular complexity index is 324. The second-order valence-electron chi connectivity index (χ2n) is 5.81. The van der Waals surface area contributed by atoms with Crippen LogP contribution in [0.25, 0.3) is 0 Å². The van der Waals surface area contributed by atoms with Gasteiger partial charge in [-0.3, -0.25) is 4.79 Å². The van der Waals surface area contributed by atoms with E-state index in [9.17, 15) is 9.59 Å². The maximum absolute atomic E-state index is 12.0. The lowest BCUT2D eigenvalue weighted by molar-refractivity contribution is -0.155. The van der Waals surface area contributed by atoms with E-state index in [1.165, 1.54) is 12.8 Å². The molecule has 19 heavy (non-hydrogen) atoms. The van der Waals surface area contributed by atoms with E-state index in [2.05, 4.69) is 6.92 Å². The largest absolute Gasteiger partial charge is 0.466 e. The standard InChI is InChI=1S/C15H24O4/c1-3-18-15(17)13(6-7-16)12-8-10(2)19-14(9-12)11-4-5-11/h7,10-14H,3-6,8-9H2,1-2H3/t10-,12+,13+,14+/m1/s1. The minimum absolute atomic E-state index is 0.174. The highest BCUT2D eigenvalue weighted by Crippen LogP contribution is 2.43. The summed E-state index contributed by atoms with van der Waals surface area (Å²) in [5.74, 6) is 0.385. The van der Waals surface area contributed by atoms with E-state index in [-0.39, 0.29) is 36.4 Å². The zero-order chi connectivity index (χ0) is 13.8. The molecule has 1 aliphatic heterocycles. The van der Waals surface area contributed by atoms with Crippen LogP contribution in [0.15, 0.2) is 0 Å². The van der Waals surface area contributed by atoms with Gasteiger partial charge in [0.25, 0.3) is 0 Å². The first-order valence-electron chi connectivity index (χ1n) is 7.41. The Hall–Kier alpha value is -0.900. The summed E-state index contributed by atoms with van der Waals surface area (Å²) in [6, 6.07) is 0. The summed E-state index contributed by atoms with van der Waals surface area (Å²) in [6.45, 7) is 4.24. The summed E-state index contributed by atoms with van der Waals surface area (Å²) >= 11 is 0. The normalized spacial score (nSPS) is 32.6. The van der Waals surface area contributed by atoms with E-state index in [4.69, 9.17) is 9.47 Å². The molecule has 4 heteroatoms. The molecule has 0 radical (unpaired) electrons. The van der Waals surface area contributed by atoms with Gasteiger partial charge in [-0.1, -0.05) is 0 Å². The van der Waals surface area contributed by atoms with E-state index in [1.54, 1.807) is 6.92 Å². The van der Waals surface area contributed by atoms with E-state index >= 15 is 0 Å². The van der Waals surface area contributed by atoms with Gasteiger partial charge in [-0.05, 0) is 51.4 Å². The van der Waals surface area contributed by atoms with Crippen LogP contribution in [0.5, 0.6) is 0 Å². The van der Waals surface area contributed by atoms with Crippen molar-refractivity contribution in [1.29, 1.82) is 0 Å². The van der Waals surface area contributed by atoms with Gasteiger partial charge in [0.2, 0.25) is 0 Å². The van der Waals surface area contributed by atoms with Crippen molar-refractivity contribution >= 4 is 12.3 Å². The minimum Gasteiger partial charge on any atom is -0.466 e. The number of rotatable bonds is 6. The predicted octanol–water partition coefficient (Wildman–Crippen LogP) is 2.35. The Kier molecular flexibility index (Phi) is 4.97. The zero-order valence-electron chi connectivity index (χ0n) is 11.8. The predicted molar refractivity (Wildman–Crippen MR) is 70.6 cm³/mol. The van der Waals surface area contributed by atoms with Gasteiger partial charge in [0, 0.05) is 6.42 Å². The van der Waals surface area contributed by atoms with E-state index < -0.39 is 0 Å². The van der Waals surface area contributed by atoms with Crippen molar-refractivity contribution in [2.75, 3.05) is 6.61 Å². The second kappa shape index (κ2) is 6.51. The van der Waals surface area contributed by atoms with Gasteiger partial charge in [-0.2, -0.15) is 0 Å². The summed E-state index contributed by atoms with van der Waals surface area (Å²) < 4.78 is 11.1. The first kappa shape index (κ1) is 14.5. The molecule has 0 aromatic carbocycles. The molecule has 1 saturated carbocycles. The fraction of sp³-hybridized carbons (Fsp3) is 0.867. The molecule has 0 spiro atoms. The second-order valence-corrected chi connectivity index (χ2v) is 5.81. The molecular formula is C15H24O4. The quantitative estimate of drug-likeness (QED) is 0.548. The number of carbonyl (C=O) groups is 2. The van der Waals surface area contributed by atoms with Crippen molar-refractivity contribution in [2.24, 2.45) is 17.8 Å². The number of hydrogen-bond donors (Lipinski definition) is 0. The first-order valence-corrected chi connectivity index (χ1v) is 7.41. The summed E-state index contributed by atoms with van der Waals surface area (Å²) in [4.78, 5) is 22.8. The van der Waals surface area contributed by atoms with Gasteiger partial charge >= 0.3 is 5.97 Å². The SMILES string of the molecule is CCOC(=O)[C@@H](CC=O)[C@H]1C[C@@H](C)O[C@H](C2CC2)C1. The van der Waals surface area contributed by atoms with E-state index in [0.717, 1.165) is 19.1 Å². The van der Waals surface area contributed by atoms with Crippen LogP contribution in [0.3, 0.4) is 0 Å². The van der Waals surface area contributed by atoms with Crippen LogP contribution < -0.4 is 0 Å². The third-order valence-electron chi connectivity index (χ3n) is 4.23. The third-order valence-corrected chi connectivity index (χ3v) is 4.23. The number of esters is 1. The molecule has 2 aliphatic rings. The summed E-state index contributed by atoms with van der Waals surface area (Å²) in [6.07, 6.45) is 5.78. The number of ether oxygens (including phenoxy) is 2. The zero-order valence-corrected chi connectivity index (χ0v) is 11.8. The monoisotopic (exact) mass is 268 g/mol. The van der Waals surface area contributed by atoms with Crippen LogP contribution in [0.2, 0.25) is 0 Å². The van der Waals surface area contributed by atoms with Crippen molar-refractivity contribution in [1.82, 2.24) is 0 Å². The molecule has 0 N–H and O–H groups in total. The van der Waals surface area contributed by atoms with Crippen LogP contribution in [0.4, 0.5) is 0 Å². The van der Waals surface area contributed by atoms with Crippen LogP contribution in [-0.2, 0) is 19.1 Å². The maximum atomic E-state index is 12.0. The molecule has 0 bridgehead atoms. The van der Waals surface area contributed by atoms with Crippen molar-refractivity contribution in [2.45, 2.75) is 58.2 Å². The molecule has 2 fully saturated rings. The highest BCUT2D eigenvalue weighted by molar-refractivity contribution is 5.75. The summed E-state index contributed by atoms with van der Waals surface area (Å²) in [5, 5.41) is 0. The fourth-order valence-corrected chi connectivity index (χ4v) is 3.16. The molecule has 0 unspecified atom stereocenters. The molecule has 4 atom stereocenters. The highest BCUT2D eigenvalue weighted by Gasteiger charge is 2.41. The van der Waals surface area contributed by atoms with E-state index in [0.29, 0.717) is 12.5 Å². The molecule has 4 nitrogen and oxygen atoms in total. The number of carbonyl (C=O) groups excluding carboxylic acids is 2. The average Bonchev–Trinajstić information content (AvgIpc) is 3.19. The Morgan fingerprint density at radius 1 is 1.42 bits per heavy atom. The fourth-order valence-electron chi connectivity index (χ4n) is 3.16. The topological polar surface area (TPSA) is 52.6 Å². The summed E-state index contributed by atoms with van der Waals surface area (Å²) in [5.41, 5.74) is 0. The lowest BCUT2D eigenvalue weighted by Crippen LogP contribution is -2.38. The molecule has 108 valence electrons. The molecule has 0 aromatic rings. The van der Waals surface area contributed by atoms with Crippen molar-refractivity contribution < 1.29 is 19.1 Å². The molecule has 1 aliphatic carbocycles. The maximum Gasteiger partial charge on any atom is 0.309 e.